The fourth-order valence-electron chi connectivity index (χ4n) is 0.462. The van der Waals surface area contributed by atoms with Crippen molar-refractivity contribution in [1.29, 1.82) is 5.41 Å². The number of rotatable bonds is 3. The lowest BCUT2D eigenvalue weighted by atomic mass is 10.1. The predicted octanol–water partition coefficient (Wildman–Crippen LogP) is -0.133. The normalized spacial score (nSPS) is 17.7. The van der Waals surface area contributed by atoms with E-state index < -0.39 is 0 Å². The third-order valence-electron chi connectivity index (χ3n) is 1.05. The molecule has 0 heterocycles. The number of nitrogens with two attached hydrogens (primary N) is 2. The predicted molar refractivity (Wildman–Crippen MR) is 39.5 cm³/mol. The van der Waals surface area contributed by atoms with Gasteiger partial charge in [-0.1, -0.05) is 12.2 Å². The number of allylic oxidation sites excluding steroid dienone is 1. The Morgan fingerprint density at radius 2 is 1.89 bits per heavy atom. The average Bonchev–Trinajstić information content (AvgIpc) is 1.87. The summed E-state index contributed by atoms with van der Waals surface area (Å²) in [6.07, 6.45) is 4.74. The van der Waals surface area contributed by atoms with Crippen molar-refractivity contribution in [2.24, 2.45) is 11.5 Å². The second kappa shape index (κ2) is 4.23. The van der Waals surface area contributed by atoms with Crippen molar-refractivity contribution < 1.29 is 0 Å². The Morgan fingerprint density at radius 1 is 1.33 bits per heavy atom. The van der Waals surface area contributed by atoms with Crippen LogP contribution in [0.5, 0.6) is 0 Å². The molecule has 0 amide bonds. The molecule has 0 aliphatic carbocycles. The molecule has 2 atom stereocenters. The van der Waals surface area contributed by atoms with Crippen molar-refractivity contribution in [3.63, 3.8) is 0 Å². The maximum absolute atomic E-state index is 6.75. The maximum atomic E-state index is 6.75. The molecule has 52 valence electrons. The summed E-state index contributed by atoms with van der Waals surface area (Å²) in [7, 11) is 0. The topological polar surface area (TPSA) is 75.9 Å². The number of hydrogen-bond acceptors (Lipinski definition) is 3. The zero-order valence-electron chi connectivity index (χ0n) is 5.54. The summed E-state index contributed by atoms with van der Waals surface area (Å²) in [5, 5.41) is 6.75. The zero-order chi connectivity index (χ0) is 7.28. The fraction of sp³-hybridized carbons (Fsp3) is 0.500. The maximum Gasteiger partial charge on any atom is 0.0582 e. The Kier molecular flexibility index (Phi) is 3.92. The van der Waals surface area contributed by atoms with Gasteiger partial charge in [-0.25, -0.2) is 0 Å². The molecule has 0 aliphatic heterocycles. The van der Waals surface area contributed by atoms with Crippen LogP contribution in [0.1, 0.15) is 6.92 Å². The monoisotopic (exact) mass is 127 g/mol. The molecule has 0 saturated carbocycles. The lowest BCUT2D eigenvalue weighted by Gasteiger charge is -2.09. The van der Waals surface area contributed by atoms with Crippen molar-refractivity contribution in [1.82, 2.24) is 0 Å². The molecule has 0 rings (SSSR count). The lowest BCUT2D eigenvalue weighted by molar-refractivity contribution is 0.743. The average molecular weight is 127 g/mol. The van der Waals surface area contributed by atoms with Crippen molar-refractivity contribution in [3.05, 3.63) is 12.2 Å². The van der Waals surface area contributed by atoms with Crippen LogP contribution in [0.3, 0.4) is 0 Å². The Balaban J connectivity index is 3.71. The molecular formula is C6H13N3. The zero-order valence-corrected chi connectivity index (χ0v) is 5.54. The van der Waals surface area contributed by atoms with Crippen molar-refractivity contribution >= 4 is 6.21 Å². The van der Waals surface area contributed by atoms with Gasteiger partial charge < -0.3 is 16.9 Å². The minimum Gasteiger partial charge on any atom is -0.323 e. The smallest absolute Gasteiger partial charge is 0.0582 e. The van der Waals surface area contributed by atoms with Crippen molar-refractivity contribution in [2.75, 3.05) is 0 Å². The molecule has 0 aliphatic rings. The van der Waals surface area contributed by atoms with Crippen LogP contribution in [0, 0.1) is 5.41 Å². The molecule has 3 nitrogen and oxygen atoms in total. The molecule has 0 spiro atoms. The Morgan fingerprint density at radius 3 is 2.22 bits per heavy atom. The third-order valence-corrected chi connectivity index (χ3v) is 1.05. The Labute approximate surface area is 55.2 Å². The first-order valence-corrected chi connectivity index (χ1v) is 2.87. The molecule has 0 aromatic rings. The van der Waals surface area contributed by atoms with Gasteiger partial charge in [0, 0.05) is 12.3 Å². The summed E-state index contributed by atoms with van der Waals surface area (Å²) in [6.45, 7) is 1.87. The van der Waals surface area contributed by atoms with Gasteiger partial charge in [-0.3, -0.25) is 0 Å². The van der Waals surface area contributed by atoms with Gasteiger partial charge >= 0.3 is 0 Å². The highest BCUT2D eigenvalue weighted by Gasteiger charge is 2.03. The summed E-state index contributed by atoms with van der Waals surface area (Å²) in [5.74, 6) is 0. The molecule has 5 N–H and O–H groups in total. The Bertz CT molecular complexity index is 109. The highest BCUT2D eigenvalue weighted by Crippen LogP contribution is 1.84. The van der Waals surface area contributed by atoms with Crippen LogP contribution in [0.15, 0.2) is 12.2 Å². The summed E-state index contributed by atoms with van der Waals surface area (Å²) in [4.78, 5) is 0. The molecule has 0 bridgehead atoms. The quantitative estimate of drug-likeness (QED) is 0.365. The summed E-state index contributed by atoms with van der Waals surface area (Å²) >= 11 is 0. The molecule has 3 heteroatoms. The largest absolute Gasteiger partial charge is 0.323 e. The standard InChI is InChI=1S/C6H13N3/c1-2-3-5(8)6(9)4-7/h2-7H,8-9H2,1H3/b3-2-,7-4?. The van der Waals surface area contributed by atoms with Crippen LogP contribution in [0.2, 0.25) is 0 Å². The molecule has 0 saturated heterocycles. The van der Waals surface area contributed by atoms with Gasteiger partial charge in [0.05, 0.1) is 6.04 Å². The van der Waals surface area contributed by atoms with Gasteiger partial charge in [0.2, 0.25) is 0 Å². The van der Waals surface area contributed by atoms with Gasteiger partial charge in [-0.2, -0.15) is 0 Å². The molecule has 9 heavy (non-hydrogen) atoms. The van der Waals surface area contributed by atoms with E-state index in [0.717, 1.165) is 6.21 Å². The summed E-state index contributed by atoms with van der Waals surface area (Å²) < 4.78 is 0. The van der Waals surface area contributed by atoms with Gasteiger partial charge in [-0.15, -0.1) is 0 Å². The third kappa shape index (κ3) is 3.00. The van der Waals surface area contributed by atoms with E-state index in [1.54, 1.807) is 6.08 Å². The van der Waals surface area contributed by atoms with Crippen molar-refractivity contribution in [3.8, 4) is 0 Å². The highest BCUT2D eigenvalue weighted by atomic mass is 14.8. The van der Waals surface area contributed by atoms with E-state index in [9.17, 15) is 0 Å². The van der Waals surface area contributed by atoms with Gasteiger partial charge in [0.25, 0.3) is 0 Å². The van der Waals surface area contributed by atoms with E-state index >= 15 is 0 Å². The van der Waals surface area contributed by atoms with Crippen LogP contribution in [0.25, 0.3) is 0 Å². The highest BCUT2D eigenvalue weighted by molar-refractivity contribution is 5.62. The summed E-state index contributed by atoms with van der Waals surface area (Å²) in [6, 6.07) is -0.561. The Hall–Kier alpha value is -0.670. The molecule has 0 fully saturated rings. The van der Waals surface area contributed by atoms with E-state index in [4.69, 9.17) is 16.9 Å². The van der Waals surface area contributed by atoms with Gasteiger partial charge in [0.15, 0.2) is 0 Å². The first-order chi connectivity index (χ1) is 4.22. The van der Waals surface area contributed by atoms with Crippen LogP contribution < -0.4 is 11.5 Å². The van der Waals surface area contributed by atoms with Gasteiger partial charge in [-0.05, 0) is 6.92 Å². The number of nitrogens with one attached hydrogen (secondary N) is 1. The van der Waals surface area contributed by atoms with Crippen LogP contribution in [-0.4, -0.2) is 18.3 Å². The van der Waals surface area contributed by atoms with E-state index in [1.807, 2.05) is 13.0 Å². The van der Waals surface area contributed by atoms with Gasteiger partial charge in [0.1, 0.15) is 0 Å². The minimum absolute atomic E-state index is 0.215. The first-order valence-electron chi connectivity index (χ1n) is 2.87. The molecule has 0 radical (unpaired) electrons. The van der Waals surface area contributed by atoms with Crippen LogP contribution in [-0.2, 0) is 0 Å². The SMILES string of the molecule is C/C=C\C(N)C(N)C=N. The fourth-order valence-corrected chi connectivity index (χ4v) is 0.462. The second-order valence-corrected chi connectivity index (χ2v) is 1.85. The molecule has 0 aromatic carbocycles. The molecule has 0 aromatic heterocycles. The first kappa shape index (κ1) is 8.33. The van der Waals surface area contributed by atoms with E-state index in [1.165, 1.54) is 0 Å². The van der Waals surface area contributed by atoms with Crippen LogP contribution >= 0.6 is 0 Å². The van der Waals surface area contributed by atoms with Crippen molar-refractivity contribution in [2.45, 2.75) is 19.0 Å². The lowest BCUT2D eigenvalue weighted by Crippen LogP contribution is -2.40. The summed E-state index contributed by atoms with van der Waals surface area (Å²) in [5.41, 5.74) is 10.9. The van der Waals surface area contributed by atoms with E-state index in [-0.39, 0.29) is 12.1 Å². The van der Waals surface area contributed by atoms with Crippen LogP contribution in [0.4, 0.5) is 0 Å². The van der Waals surface area contributed by atoms with E-state index in [2.05, 4.69) is 0 Å². The van der Waals surface area contributed by atoms with E-state index in [0.29, 0.717) is 0 Å². The second-order valence-electron chi connectivity index (χ2n) is 1.85. The molecular weight excluding hydrogens is 114 g/mol. The minimum atomic E-state index is -0.346. The number of hydrogen-bond donors (Lipinski definition) is 3. The molecule has 2 unspecified atom stereocenters.